The number of hydrogen-bond acceptors (Lipinski definition) is 3. The van der Waals surface area contributed by atoms with Crippen molar-refractivity contribution in [3.63, 3.8) is 0 Å². The molecule has 1 aromatic carbocycles. The molecule has 1 heterocycles. The van der Waals surface area contributed by atoms with E-state index in [1.165, 1.54) is 4.68 Å². The molecule has 2 rings (SSSR count). The number of nitrogens with one attached hydrogen (secondary N) is 1. The molecular formula is C16H22N4O. The zero-order chi connectivity index (χ0) is 15.6. The van der Waals surface area contributed by atoms with E-state index in [1.54, 1.807) is 14.0 Å². The lowest BCUT2D eigenvalue weighted by molar-refractivity contribution is 0.101. The number of carbonyl (C=O) groups is 1. The van der Waals surface area contributed by atoms with Crippen LogP contribution in [0.25, 0.3) is 0 Å². The van der Waals surface area contributed by atoms with Crippen LogP contribution in [0.1, 0.15) is 41.2 Å². The predicted octanol–water partition coefficient (Wildman–Crippen LogP) is 2.69. The predicted molar refractivity (Wildman–Crippen MR) is 85.5 cm³/mol. The van der Waals surface area contributed by atoms with Gasteiger partial charge in [-0.05, 0) is 30.9 Å². The van der Waals surface area contributed by atoms with Crippen molar-refractivity contribution < 1.29 is 4.79 Å². The smallest absolute Gasteiger partial charge is 0.276 e. The van der Waals surface area contributed by atoms with Crippen LogP contribution < -0.4 is 11.1 Å². The molecule has 0 unspecified atom stereocenters. The van der Waals surface area contributed by atoms with Crippen LogP contribution in [0.4, 0.5) is 11.4 Å². The standard InChI is InChI=1S/C16H22N4O/c1-5-11-8-7-9-12(6-2)14(11)18-16(21)15-13(17)10(3)19-20(15)4/h7-9H,5-6,17H2,1-4H3,(H,18,21). The van der Waals surface area contributed by atoms with Crippen molar-refractivity contribution in [2.24, 2.45) is 7.05 Å². The van der Waals surface area contributed by atoms with Gasteiger partial charge in [0.05, 0.1) is 11.4 Å². The fraction of sp³-hybridized carbons (Fsp3) is 0.375. The van der Waals surface area contributed by atoms with Gasteiger partial charge in [0.15, 0.2) is 0 Å². The van der Waals surface area contributed by atoms with Crippen LogP contribution >= 0.6 is 0 Å². The minimum absolute atomic E-state index is 0.216. The summed E-state index contributed by atoms with van der Waals surface area (Å²) in [5.41, 5.74) is 10.6. The second-order valence-corrected chi connectivity index (χ2v) is 5.08. The monoisotopic (exact) mass is 286 g/mol. The molecule has 5 heteroatoms. The highest BCUT2D eigenvalue weighted by Gasteiger charge is 2.19. The quantitative estimate of drug-likeness (QED) is 0.907. The van der Waals surface area contributed by atoms with Crippen LogP contribution in [0.3, 0.4) is 0 Å². The average molecular weight is 286 g/mol. The van der Waals surface area contributed by atoms with Gasteiger partial charge in [0.25, 0.3) is 5.91 Å². The molecule has 0 saturated carbocycles. The molecule has 0 aliphatic rings. The summed E-state index contributed by atoms with van der Waals surface area (Å²) in [7, 11) is 1.73. The van der Waals surface area contributed by atoms with E-state index in [-0.39, 0.29) is 5.91 Å². The van der Waals surface area contributed by atoms with Gasteiger partial charge in [-0.1, -0.05) is 32.0 Å². The normalized spacial score (nSPS) is 10.7. The zero-order valence-corrected chi connectivity index (χ0v) is 13.0. The summed E-state index contributed by atoms with van der Waals surface area (Å²) in [6.45, 7) is 5.95. The van der Waals surface area contributed by atoms with Gasteiger partial charge in [-0.2, -0.15) is 5.10 Å². The van der Waals surface area contributed by atoms with E-state index in [9.17, 15) is 4.79 Å². The fourth-order valence-electron chi connectivity index (χ4n) is 2.52. The number of amides is 1. The Morgan fingerprint density at radius 2 is 1.86 bits per heavy atom. The molecule has 1 aromatic heterocycles. The number of nitrogens with zero attached hydrogens (tertiary/aromatic N) is 2. The van der Waals surface area contributed by atoms with E-state index >= 15 is 0 Å². The van der Waals surface area contributed by atoms with Gasteiger partial charge in [0, 0.05) is 12.7 Å². The molecule has 0 bridgehead atoms. The molecule has 0 saturated heterocycles. The third kappa shape index (κ3) is 2.77. The highest BCUT2D eigenvalue weighted by atomic mass is 16.2. The Balaban J connectivity index is 2.40. The molecule has 1 amide bonds. The Morgan fingerprint density at radius 3 is 2.29 bits per heavy atom. The van der Waals surface area contributed by atoms with Crippen molar-refractivity contribution in [3.05, 3.63) is 40.7 Å². The summed E-state index contributed by atoms with van der Waals surface area (Å²) in [6.07, 6.45) is 1.73. The molecular weight excluding hydrogens is 264 g/mol. The van der Waals surface area contributed by atoms with Gasteiger partial charge in [-0.25, -0.2) is 0 Å². The van der Waals surface area contributed by atoms with Crippen LogP contribution in [-0.4, -0.2) is 15.7 Å². The lowest BCUT2D eigenvalue weighted by Gasteiger charge is -2.14. The number of carbonyl (C=O) groups excluding carboxylic acids is 1. The van der Waals surface area contributed by atoms with Crippen molar-refractivity contribution in [3.8, 4) is 0 Å². The lowest BCUT2D eigenvalue weighted by atomic mass is 10.0. The maximum absolute atomic E-state index is 12.6. The summed E-state index contributed by atoms with van der Waals surface area (Å²) in [4.78, 5) is 12.6. The van der Waals surface area contributed by atoms with Gasteiger partial charge in [0.2, 0.25) is 0 Å². The first-order chi connectivity index (χ1) is 9.99. The summed E-state index contributed by atoms with van der Waals surface area (Å²) in [6, 6.07) is 6.09. The molecule has 5 nitrogen and oxygen atoms in total. The Hall–Kier alpha value is -2.30. The van der Waals surface area contributed by atoms with E-state index in [0.717, 1.165) is 29.7 Å². The minimum Gasteiger partial charge on any atom is -0.395 e. The molecule has 2 aromatic rings. The first-order valence-electron chi connectivity index (χ1n) is 7.20. The van der Waals surface area contributed by atoms with Crippen molar-refractivity contribution in [2.75, 3.05) is 11.1 Å². The number of nitrogens with two attached hydrogens (primary N) is 1. The number of nitrogen functional groups attached to an aromatic ring is 1. The number of aryl methyl sites for hydroxylation is 4. The zero-order valence-electron chi connectivity index (χ0n) is 13.0. The first kappa shape index (κ1) is 15.1. The highest BCUT2D eigenvalue weighted by molar-refractivity contribution is 6.07. The number of benzene rings is 1. The Labute approximate surface area is 125 Å². The largest absolute Gasteiger partial charge is 0.395 e. The van der Waals surface area contributed by atoms with Gasteiger partial charge in [0.1, 0.15) is 5.69 Å². The lowest BCUT2D eigenvalue weighted by Crippen LogP contribution is -2.19. The average Bonchev–Trinajstić information content (AvgIpc) is 2.72. The number of anilines is 2. The van der Waals surface area contributed by atoms with E-state index in [2.05, 4.69) is 24.3 Å². The van der Waals surface area contributed by atoms with Gasteiger partial charge >= 0.3 is 0 Å². The number of aromatic nitrogens is 2. The molecule has 0 aliphatic carbocycles. The van der Waals surface area contributed by atoms with E-state index in [1.807, 2.05) is 18.2 Å². The van der Waals surface area contributed by atoms with Crippen LogP contribution in [0.5, 0.6) is 0 Å². The van der Waals surface area contributed by atoms with Gasteiger partial charge in [-0.15, -0.1) is 0 Å². The molecule has 0 aliphatic heterocycles. The second kappa shape index (κ2) is 5.99. The maximum Gasteiger partial charge on any atom is 0.276 e. The summed E-state index contributed by atoms with van der Waals surface area (Å²) < 4.78 is 1.53. The van der Waals surface area contributed by atoms with Crippen LogP contribution in [0.2, 0.25) is 0 Å². The summed E-state index contributed by atoms with van der Waals surface area (Å²) in [5, 5.41) is 7.20. The van der Waals surface area contributed by atoms with Crippen molar-refractivity contribution in [2.45, 2.75) is 33.6 Å². The van der Waals surface area contributed by atoms with Crippen LogP contribution in [0, 0.1) is 6.92 Å². The summed E-state index contributed by atoms with van der Waals surface area (Å²) in [5.74, 6) is -0.216. The maximum atomic E-state index is 12.6. The van der Waals surface area contributed by atoms with Crippen LogP contribution in [-0.2, 0) is 19.9 Å². The molecule has 0 radical (unpaired) electrons. The van der Waals surface area contributed by atoms with Crippen LogP contribution in [0.15, 0.2) is 18.2 Å². The fourth-order valence-corrected chi connectivity index (χ4v) is 2.52. The molecule has 0 spiro atoms. The molecule has 21 heavy (non-hydrogen) atoms. The highest BCUT2D eigenvalue weighted by Crippen LogP contribution is 2.24. The van der Waals surface area contributed by atoms with E-state index in [0.29, 0.717) is 17.1 Å². The second-order valence-electron chi connectivity index (χ2n) is 5.08. The Morgan fingerprint density at radius 1 is 1.29 bits per heavy atom. The number of rotatable bonds is 4. The third-order valence-corrected chi connectivity index (χ3v) is 3.72. The Bertz CT molecular complexity index is 651. The van der Waals surface area contributed by atoms with Gasteiger partial charge in [-0.3, -0.25) is 9.48 Å². The number of hydrogen-bond donors (Lipinski definition) is 2. The van der Waals surface area contributed by atoms with E-state index < -0.39 is 0 Å². The van der Waals surface area contributed by atoms with E-state index in [4.69, 9.17) is 5.73 Å². The van der Waals surface area contributed by atoms with Crippen molar-refractivity contribution in [1.82, 2.24) is 9.78 Å². The summed E-state index contributed by atoms with van der Waals surface area (Å²) >= 11 is 0. The Kier molecular flexibility index (Phi) is 4.31. The topological polar surface area (TPSA) is 72.9 Å². The van der Waals surface area contributed by atoms with Crippen molar-refractivity contribution >= 4 is 17.3 Å². The molecule has 3 N–H and O–H groups in total. The van der Waals surface area contributed by atoms with Crippen molar-refractivity contribution in [1.29, 1.82) is 0 Å². The molecule has 0 atom stereocenters. The molecule has 0 fully saturated rings. The first-order valence-corrected chi connectivity index (χ1v) is 7.20. The SMILES string of the molecule is CCc1cccc(CC)c1NC(=O)c1c(N)c(C)nn1C. The van der Waals surface area contributed by atoms with Gasteiger partial charge < -0.3 is 11.1 Å². The third-order valence-electron chi connectivity index (χ3n) is 3.72. The number of para-hydroxylation sites is 1. The molecule has 112 valence electrons. The minimum atomic E-state index is -0.216.